The van der Waals surface area contributed by atoms with Gasteiger partial charge in [-0.15, -0.1) is 0 Å². The van der Waals surface area contributed by atoms with Crippen LogP contribution in [0, 0.1) is 22.7 Å². The van der Waals surface area contributed by atoms with Crippen molar-refractivity contribution in [2.75, 3.05) is 0 Å². The van der Waals surface area contributed by atoms with E-state index in [2.05, 4.69) is 37.9 Å². The van der Waals surface area contributed by atoms with Crippen LogP contribution in [-0.4, -0.2) is 26.4 Å². The Kier molecular flexibility index (Phi) is 6.05. The molecule has 1 aromatic heterocycles. The van der Waals surface area contributed by atoms with Crippen LogP contribution < -0.4 is 0 Å². The van der Waals surface area contributed by atoms with Gasteiger partial charge in [0.15, 0.2) is 0 Å². The van der Waals surface area contributed by atoms with Crippen molar-refractivity contribution < 1.29 is 10.2 Å². The van der Waals surface area contributed by atoms with Crippen molar-refractivity contribution in [1.29, 1.82) is 0 Å². The molecule has 0 radical (unpaired) electrons. The van der Waals surface area contributed by atoms with Gasteiger partial charge in [-0.3, -0.25) is 4.98 Å². The monoisotopic (exact) mass is 435 g/mol. The van der Waals surface area contributed by atoms with Crippen LogP contribution in [-0.2, 0) is 0 Å². The zero-order valence-electron chi connectivity index (χ0n) is 20.6. The van der Waals surface area contributed by atoms with Gasteiger partial charge in [0.25, 0.3) is 0 Å². The van der Waals surface area contributed by atoms with E-state index in [0.717, 1.165) is 35.6 Å². The Labute approximate surface area is 194 Å². The summed E-state index contributed by atoms with van der Waals surface area (Å²) in [6.45, 7) is 11.2. The quantitative estimate of drug-likeness (QED) is 0.545. The Hall–Kier alpha value is -1.71. The smallest absolute Gasteiger partial charge is 0.0803 e. The molecule has 2 aliphatic rings. The van der Waals surface area contributed by atoms with Gasteiger partial charge in [0.2, 0.25) is 0 Å². The van der Waals surface area contributed by atoms with Gasteiger partial charge < -0.3 is 10.2 Å². The summed E-state index contributed by atoms with van der Waals surface area (Å²) in [5.74, 6) is 0.837. The van der Waals surface area contributed by atoms with Crippen LogP contribution >= 0.6 is 0 Å². The van der Waals surface area contributed by atoms with Crippen LogP contribution in [0.2, 0.25) is 0 Å². The van der Waals surface area contributed by atoms with E-state index in [4.69, 9.17) is 0 Å². The van der Waals surface area contributed by atoms with Gasteiger partial charge in [0.1, 0.15) is 0 Å². The fourth-order valence-corrected chi connectivity index (χ4v) is 7.33. The van der Waals surface area contributed by atoms with Crippen molar-refractivity contribution in [1.82, 2.24) is 4.98 Å². The molecule has 2 saturated carbocycles. The van der Waals surface area contributed by atoms with E-state index in [1.165, 1.54) is 19.3 Å². The highest BCUT2D eigenvalue weighted by Gasteiger charge is 2.57. The highest BCUT2D eigenvalue weighted by atomic mass is 16.3. The second-order valence-corrected chi connectivity index (χ2v) is 12.0. The third-order valence-corrected chi connectivity index (χ3v) is 9.02. The number of nitrogens with zero attached hydrogens (tertiary/aromatic N) is 1. The first kappa shape index (κ1) is 23.4. The highest BCUT2D eigenvalue weighted by Crippen LogP contribution is 2.63. The Morgan fingerprint density at radius 2 is 1.84 bits per heavy atom. The summed E-state index contributed by atoms with van der Waals surface area (Å²) in [7, 11) is 0. The first-order chi connectivity index (χ1) is 14.9. The number of hydrogen-bond donors (Lipinski definition) is 2. The van der Waals surface area contributed by atoms with Crippen molar-refractivity contribution in [3.8, 4) is 0 Å². The van der Waals surface area contributed by atoms with Crippen LogP contribution in [0.15, 0.2) is 42.7 Å². The first-order valence-electron chi connectivity index (χ1n) is 12.4. The third-order valence-electron chi connectivity index (χ3n) is 9.02. The molecule has 0 aliphatic heterocycles. The maximum atomic E-state index is 11.4. The molecule has 2 aromatic rings. The summed E-state index contributed by atoms with van der Waals surface area (Å²) in [5, 5.41) is 24.9. The second kappa shape index (κ2) is 8.25. The van der Waals surface area contributed by atoms with Gasteiger partial charge in [0.05, 0.1) is 11.2 Å². The molecule has 174 valence electrons. The van der Waals surface area contributed by atoms with E-state index in [1.54, 1.807) is 0 Å². The van der Waals surface area contributed by atoms with Crippen LogP contribution in [0.25, 0.3) is 16.8 Å². The summed E-state index contributed by atoms with van der Waals surface area (Å²) in [5.41, 5.74) is -0.124. The Morgan fingerprint density at radius 1 is 1.09 bits per heavy atom. The molecule has 1 heterocycles. The molecule has 3 heteroatoms. The predicted molar refractivity (Wildman–Crippen MR) is 133 cm³/mol. The molecule has 1 aromatic carbocycles. The number of rotatable bonds is 5. The molecule has 0 saturated heterocycles. The molecule has 0 spiro atoms. The van der Waals surface area contributed by atoms with Crippen LogP contribution in [0.4, 0.5) is 0 Å². The van der Waals surface area contributed by atoms with Gasteiger partial charge in [0, 0.05) is 23.3 Å². The van der Waals surface area contributed by atoms with Crippen molar-refractivity contribution in [2.24, 2.45) is 22.7 Å². The Balaban J connectivity index is 1.53. The molecular formula is C29H41NO2. The summed E-state index contributed by atoms with van der Waals surface area (Å²) in [6.07, 6.45) is 14.8. The number of pyridine rings is 1. The Bertz CT molecular complexity index is 984. The lowest BCUT2D eigenvalue weighted by molar-refractivity contribution is -0.171. The number of fused-ring (bicyclic) bond motifs is 2. The molecule has 0 bridgehead atoms. The molecule has 0 unspecified atom stereocenters. The minimum atomic E-state index is -0.930. The normalized spacial score (nSPS) is 34.3. The molecule has 32 heavy (non-hydrogen) atoms. The van der Waals surface area contributed by atoms with Crippen molar-refractivity contribution in [2.45, 2.75) is 90.8 Å². The highest BCUT2D eigenvalue weighted by molar-refractivity contribution is 5.89. The van der Waals surface area contributed by atoms with Gasteiger partial charge in [-0.05, 0) is 80.4 Å². The van der Waals surface area contributed by atoms with Crippen LogP contribution in [0.3, 0.4) is 0 Å². The molecule has 2 fully saturated rings. The van der Waals surface area contributed by atoms with E-state index in [-0.39, 0.29) is 11.3 Å². The largest absolute Gasteiger partial charge is 0.390 e. The number of benzene rings is 1. The summed E-state index contributed by atoms with van der Waals surface area (Å²) < 4.78 is 0. The maximum Gasteiger partial charge on any atom is 0.0803 e. The van der Waals surface area contributed by atoms with Gasteiger partial charge in [-0.2, -0.15) is 0 Å². The van der Waals surface area contributed by atoms with E-state index in [0.29, 0.717) is 17.8 Å². The minimum Gasteiger partial charge on any atom is -0.390 e. The van der Waals surface area contributed by atoms with Crippen LogP contribution in [0.5, 0.6) is 0 Å². The zero-order chi connectivity index (χ0) is 23.2. The van der Waals surface area contributed by atoms with Crippen molar-refractivity contribution >= 4 is 16.8 Å². The SMILES string of the molecule is CC1(C)CCC[C@]2(C)[C@@H](CC[C@@](C)(O)/C=C/c3cncc4ccccc34)[C@](C)(O)CC[C@@H]12. The summed E-state index contributed by atoms with van der Waals surface area (Å²) >= 11 is 0. The van der Waals surface area contributed by atoms with E-state index in [9.17, 15) is 10.2 Å². The fourth-order valence-electron chi connectivity index (χ4n) is 7.33. The molecule has 0 amide bonds. The fraction of sp³-hybridized carbons (Fsp3) is 0.621. The standard InChI is InChI=1S/C29H41NO2/c1-26(2)14-8-15-28(4)24(26)13-18-29(5,32)25(28)12-17-27(3,31)16-11-22-20-30-19-21-9-6-7-10-23(21)22/h6-7,9-11,16,19-20,24-25,31-32H,8,12-15,17-18H2,1-5H3/b16-11+/t24-,25+,27-,28-,29+/m0/s1. The lowest BCUT2D eigenvalue weighted by Gasteiger charge is -2.61. The molecule has 4 rings (SSSR count). The topological polar surface area (TPSA) is 53.4 Å². The molecule has 2 N–H and O–H groups in total. The average Bonchev–Trinajstić information content (AvgIpc) is 2.70. The van der Waals surface area contributed by atoms with E-state index >= 15 is 0 Å². The van der Waals surface area contributed by atoms with Gasteiger partial charge in [-0.25, -0.2) is 0 Å². The zero-order valence-corrected chi connectivity index (χ0v) is 20.6. The lowest BCUT2D eigenvalue weighted by atomic mass is 9.45. The summed E-state index contributed by atoms with van der Waals surface area (Å²) in [4.78, 5) is 4.35. The molecule has 3 nitrogen and oxygen atoms in total. The lowest BCUT2D eigenvalue weighted by Crippen LogP contribution is -2.57. The van der Waals surface area contributed by atoms with Gasteiger partial charge >= 0.3 is 0 Å². The van der Waals surface area contributed by atoms with Crippen molar-refractivity contribution in [3.63, 3.8) is 0 Å². The average molecular weight is 436 g/mol. The Morgan fingerprint density at radius 3 is 2.62 bits per heavy atom. The summed E-state index contributed by atoms with van der Waals surface area (Å²) in [6, 6.07) is 8.21. The van der Waals surface area contributed by atoms with E-state index in [1.807, 2.05) is 50.5 Å². The first-order valence-corrected chi connectivity index (χ1v) is 12.4. The number of aliphatic hydroxyl groups is 2. The number of hydrogen-bond acceptors (Lipinski definition) is 3. The van der Waals surface area contributed by atoms with Gasteiger partial charge in [-0.1, -0.05) is 63.6 Å². The molecular weight excluding hydrogens is 394 g/mol. The minimum absolute atomic E-state index is 0.128. The molecule has 5 atom stereocenters. The van der Waals surface area contributed by atoms with Crippen LogP contribution in [0.1, 0.15) is 85.1 Å². The number of aromatic nitrogens is 1. The predicted octanol–water partition coefficient (Wildman–Crippen LogP) is 6.77. The second-order valence-electron chi connectivity index (χ2n) is 12.0. The van der Waals surface area contributed by atoms with E-state index < -0.39 is 11.2 Å². The third kappa shape index (κ3) is 4.39. The molecule has 2 aliphatic carbocycles. The maximum absolute atomic E-state index is 11.4. The van der Waals surface area contributed by atoms with Crippen molar-refractivity contribution in [3.05, 3.63) is 48.3 Å².